The van der Waals surface area contributed by atoms with E-state index >= 15 is 0 Å². The molecule has 0 radical (unpaired) electrons. The van der Waals surface area contributed by atoms with Gasteiger partial charge in [0.1, 0.15) is 5.82 Å². The Hall–Kier alpha value is -2.58. The highest BCUT2D eigenvalue weighted by molar-refractivity contribution is 6.00. The highest BCUT2D eigenvalue weighted by atomic mass is 16.1. The average Bonchev–Trinajstić information content (AvgIpc) is 2.52. The summed E-state index contributed by atoms with van der Waals surface area (Å²) in [6.45, 7) is 6.21. The van der Waals surface area contributed by atoms with Crippen molar-refractivity contribution in [2.24, 2.45) is 11.1 Å². The topological polar surface area (TPSA) is 73.4 Å². The molecule has 1 heterocycles. The molecule has 5 heteroatoms. The standard InChI is InChI=1S/C21H26N4O/c1-13-7-6-8-14(9-13)18-15(12-22)20(23)25(24(4)5)16-10-21(2,3)11-17(26)19(16)18/h6-9,18H,10-11,23H2,1-5H3/t18-/m0/s1. The number of rotatable bonds is 2. The largest absolute Gasteiger partial charge is 0.383 e. The molecule has 1 aliphatic carbocycles. The zero-order valence-electron chi connectivity index (χ0n) is 16.1. The molecule has 3 rings (SSSR count). The Balaban J connectivity index is 2.30. The number of ketones is 1. The number of nitrogens with two attached hydrogens (primary N) is 1. The summed E-state index contributed by atoms with van der Waals surface area (Å²) >= 11 is 0. The Morgan fingerprint density at radius 3 is 2.58 bits per heavy atom. The summed E-state index contributed by atoms with van der Waals surface area (Å²) in [5.41, 5.74) is 10.4. The number of Topliss-reactive ketones (excluding diaryl/α,β-unsaturated/α-hetero) is 1. The number of carbonyl (C=O) groups is 1. The van der Waals surface area contributed by atoms with Crippen LogP contribution in [0.25, 0.3) is 0 Å². The van der Waals surface area contributed by atoms with Gasteiger partial charge in [-0.15, -0.1) is 0 Å². The molecule has 1 aromatic rings. The van der Waals surface area contributed by atoms with Crippen LogP contribution < -0.4 is 5.73 Å². The summed E-state index contributed by atoms with van der Waals surface area (Å²) in [7, 11) is 3.76. The highest BCUT2D eigenvalue weighted by Crippen LogP contribution is 2.49. The lowest BCUT2D eigenvalue weighted by atomic mass is 9.69. The monoisotopic (exact) mass is 350 g/mol. The van der Waals surface area contributed by atoms with Crippen LogP contribution in [0.15, 0.2) is 46.9 Å². The molecule has 5 nitrogen and oxygen atoms in total. The fourth-order valence-corrected chi connectivity index (χ4v) is 4.13. The van der Waals surface area contributed by atoms with Gasteiger partial charge in [0.2, 0.25) is 0 Å². The zero-order chi connectivity index (χ0) is 19.2. The number of allylic oxidation sites excluding steroid dienone is 3. The van der Waals surface area contributed by atoms with Gasteiger partial charge in [0.05, 0.1) is 17.6 Å². The van der Waals surface area contributed by atoms with Crippen molar-refractivity contribution in [2.75, 3.05) is 14.1 Å². The molecule has 0 aromatic heterocycles. The van der Waals surface area contributed by atoms with Gasteiger partial charge in [0.15, 0.2) is 5.78 Å². The van der Waals surface area contributed by atoms with Crippen LogP contribution in [-0.2, 0) is 4.79 Å². The van der Waals surface area contributed by atoms with Crippen molar-refractivity contribution < 1.29 is 4.79 Å². The first-order valence-corrected chi connectivity index (χ1v) is 8.86. The number of carbonyl (C=O) groups excluding carboxylic acids is 1. The van der Waals surface area contributed by atoms with E-state index in [1.807, 2.05) is 55.3 Å². The second-order valence-corrected chi connectivity index (χ2v) is 8.22. The highest BCUT2D eigenvalue weighted by Gasteiger charge is 2.44. The minimum atomic E-state index is -0.394. The fraction of sp³-hybridized carbons (Fsp3) is 0.429. The van der Waals surface area contributed by atoms with Crippen LogP contribution in [0.3, 0.4) is 0 Å². The van der Waals surface area contributed by atoms with Gasteiger partial charge in [-0.1, -0.05) is 43.7 Å². The molecule has 1 atom stereocenters. The van der Waals surface area contributed by atoms with E-state index in [4.69, 9.17) is 5.73 Å². The number of aryl methyl sites for hydroxylation is 1. The summed E-state index contributed by atoms with van der Waals surface area (Å²) in [6, 6.07) is 10.3. The quantitative estimate of drug-likeness (QED) is 0.886. The summed E-state index contributed by atoms with van der Waals surface area (Å²) in [4.78, 5) is 13.2. The van der Waals surface area contributed by atoms with E-state index in [0.717, 1.165) is 28.8 Å². The van der Waals surface area contributed by atoms with Crippen LogP contribution in [0.5, 0.6) is 0 Å². The van der Waals surface area contributed by atoms with Crippen LogP contribution in [0.2, 0.25) is 0 Å². The van der Waals surface area contributed by atoms with Gasteiger partial charge in [0, 0.05) is 31.8 Å². The molecule has 0 bridgehead atoms. The fourth-order valence-electron chi connectivity index (χ4n) is 4.13. The second kappa shape index (κ2) is 6.30. The van der Waals surface area contributed by atoms with Crippen LogP contribution in [0.1, 0.15) is 43.7 Å². The van der Waals surface area contributed by atoms with E-state index in [1.54, 1.807) is 0 Å². The molecule has 136 valence electrons. The molecule has 2 aliphatic rings. The van der Waals surface area contributed by atoms with Crippen LogP contribution in [-0.4, -0.2) is 29.9 Å². The Labute approximate surface area is 155 Å². The van der Waals surface area contributed by atoms with E-state index in [0.29, 0.717) is 17.8 Å². The van der Waals surface area contributed by atoms with Gasteiger partial charge in [0.25, 0.3) is 0 Å². The molecule has 0 amide bonds. The van der Waals surface area contributed by atoms with E-state index in [-0.39, 0.29) is 11.2 Å². The maximum absolute atomic E-state index is 13.2. The first-order valence-electron chi connectivity index (χ1n) is 8.86. The SMILES string of the molecule is Cc1cccc([C@H]2C(C#N)=C(N)N(N(C)C)C3=C2C(=O)CC(C)(C)C3)c1. The first-order chi connectivity index (χ1) is 12.2. The Morgan fingerprint density at radius 1 is 1.31 bits per heavy atom. The number of hydrogen-bond acceptors (Lipinski definition) is 5. The smallest absolute Gasteiger partial charge is 0.162 e. The van der Waals surface area contributed by atoms with E-state index in [2.05, 4.69) is 19.9 Å². The normalized spacial score (nSPS) is 22.6. The molecule has 2 N–H and O–H groups in total. The lowest BCUT2D eigenvalue weighted by Gasteiger charge is -2.45. The number of nitriles is 1. The maximum atomic E-state index is 13.2. The Bertz CT molecular complexity index is 870. The van der Waals surface area contributed by atoms with Gasteiger partial charge in [-0.25, -0.2) is 5.01 Å². The third-order valence-electron chi connectivity index (χ3n) is 5.13. The molecule has 0 unspecified atom stereocenters. The van der Waals surface area contributed by atoms with E-state index < -0.39 is 5.92 Å². The molecule has 0 spiro atoms. The minimum Gasteiger partial charge on any atom is -0.383 e. The summed E-state index contributed by atoms with van der Waals surface area (Å²) in [5.74, 6) is 0.123. The third kappa shape index (κ3) is 2.91. The minimum absolute atomic E-state index is 0.106. The van der Waals surface area contributed by atoms with Gasteiger partial charge < -0.3 is 5.73 Å². The van der Waals surface area contributed by atoms with Crippen molar-refractivity contribution in [3.63, 3.8) is 0 Å². The lowest BCUT2D eigenvalue weighted by Crippen LogP contribution is -2.47. The Kier molecular flexibility index (Phi) is 4.41. The van der Waals surface area contributed by atoms with Crippen LogP contribution >= 0.6 is 0 Å². The van der Waals surface area contributed by atoms with Crippen molar-refractivity contribution >= 4 is 5.78 Å². The molecule has 1 aromatic carbocycles. The van der Waals surface area contributed by atoms with Crippen LogP contribution in [0.4, 0.5) is 0 Å². The second-order valence-electron chi connectivity index (χ2n) is 8.22. The molecular weight excluding hydrogens is 324 g/mol. The maximum Gasteiger partial charge on any atom is 0.162 e. The number of hydrazine groups is 1. The van der Waals surface area contributed by atoms with E-state index in [9.17, 15) is 10.1 Å². The summed E-state index contributed by atoms with van der Waals surface area (Å²) < 4.78 is 0. The van der Waals surface area contributed by atoms with Crippen molar-refractivity contribution in [3.8, 4) is 6.07 Å². The van der Waals surface area contributed by atoms with Crippen molar-refractivity contribution in [3.05, 3.63) is 58.1 Å². The first kappa shape index (κ1) is 18.2. The van der Waals surface area contributed by atoms with Gasteiger partial charge in [-0.2, -0.15) is 5.26 Å². The molecule has 0 saturated carbocycles. The van der Waals surface area contributed by atoms with E-state index in [1.165, 1.54) is 0 Å². The summed E-state index contributed by atoms with van der Waals surface area (Å²) in [5, 5.41) is 13.6. The number of benzene rings is 1. The number of hydrogen-bond donors (Lipinski definition) is 1. The zero-order valence-corrected chi connectivity index (χ0v) is 16.1. The number of nitrogens with zero attached hydrogens (tertiary/aromatic N) is 3. The predicted molar refractivity (Wildman–Crippen MR) is 101 cm³/mol. The average molecular weight is 350 g/mol. The lowest BCUT2D eigenvalue weighted by molar-refractivity contribution is -0.119. The predicted octanol–water partition coefficient (Wildman–Crippen LogP) is 3.21. The van der Waals surface area contributed by atoms with Gasteiger partial charge in [-0.3, -0.25) is 9.80 Å². The Morgan fingerprint density at radius 2 is 2.00 bits per heavy atom. The summed E-state index contributed by atoms with van der Waals surface area (Å²) in [6.07, 6.45) is 1.22. The molecular formula is C21H26N4O. The molecule has 26 heavy (non-hydrogen) atoms. The molecule has 0 saturated heterocycles. The third-order valence-corrected chi connectivity index (χ3v) is 5.13. The van der Waals surface area contributed by atoms with Gasteiger partial charge in [-0.05, 0) is 24.3 Å². The van der Waals surface area contributed by atoms with Crippen molar-refractivity contribution in [1.82, 2.24) is 10.0 Å². The van der Waals surface area contributed by atoms with Crippen molar-refractivity contribution in [2.45, 2.75) is 39.5 Å². The molecule has 0 fully saturated rings. The molecule has 1 aliphatic heterocycles. The van der Waals surface area contributed by atoms with Crippen molar-refractivity contribution in [1.29, 1.82) is 5.26 Å². The van der Waals surface area contributed by atoms with Crippen LogP contribution in [0, 0.1) is 23.7 Å². The van der Waals surface area contributed by atoms with Gasteiger partial charge >= 0.3 is 0 Å².